The van der Waals surface area contributed by atoms with Crippen LogP contribution in [0.5, 0.6) is 0 Å². The Morgan fingerprint density at radius 2 is 2.04 bits per heavy atom. The lowest BCUT2D eigenvalue weighted by Crippen LogP contribution is -2.28. The predicted molar refractivity (Wildman–Crippen MR) is 101 cm³/mol. The lowest BCUT2D eigenvalue weighted by molar-refractivity contribution is -0.124. The Kier molecular flexibility index (Phi) is 4.97. The lowest BCUT2D eigenvalue weighted by atomic mass is 9.95. The van der Waals surface area contributed by atoms with Gasteiger partial charge >= 0.3 is 0 Å². The molecule has 3 aromatic rings. The highest BCUT2D eigenvalue weighted by Crippen LogP contribution is 2.29. The number of ether oxygens (including phenoxy) is 1. The van der Waals surface area contributed by atoms with Crippen LogP contribution in [-0.4, -0.2) is 29.0 Å². The van der Waals surface area contributed by atoms with Crippen molar-refractivity contribution in [1.82, 2.24) is 15.3 Å². The largest absolute Gasteiger partial charge is 0.373 e. The van der Waals surface area contributed by atoms with E-state index in [1.165, 1.54) is 5.56 Å². The average molecular weight is 349 g/mol. The molecule has 0 fully saturated rings. The fourth-order valence-corrected chi connectivity index (χ4v) is 3.49. The first-order valence-electron chi connectivity index (χ1n) is 9.19. The lowest BCUT2D eigenvalue weighted by Gasteiger charge is -2.25. The number of carbonyl (C=O) groups excluding carboxylic acids is 1. The topological polar surface area (TPSA) is 67.0 Å². The maximum absolute atomic E-state index is 12.3. The van der Waals surface area contributed by atoms with Crippen LogP contribution in [0.2, 0.25) is 0 Å². The monoisotopic (exact) mass is 349 g/mol. The van der Waals surface area contributed by atoms with Crippen molar-refractivity contribution in [3.05, 3.63) is 65.5 Å². The van der Waals surface area contributed by atoms with Crippen molar-refractivity contribution in [3.63, 3.8) is 0 Å². The van der Waals surface area contributed by atoms with E-state index in [9.17, 15) is 4.79 Å². The molecule has 0 radical (unpaired) electrons. The van der Waals surface area contributed by atoms with Crippen LogP contribution >= 0.6 is 0 Å². The van der Waals surface area contributed by atoms with Crippen LogP contribution in [0.4, 0.5) is 0 Å². The molecule has 5 nitrogen and oxygen atoms in total. The van der Waals surface area contributed by atoms with Crippen LogP contribution in [0.15, 0.2) is 48.5 Å². The third kappa shape index (κ3) is 3.78. The molecule has 1 amide bonds. The normalized spacial score (nSPS) is 16.4. The summed E-state index contributed by atoms with van der Waals surface area (Å²) in [4.78, 5) is 20.1. The number of aromatic nitrogens is 2. The number of carbonyl (C=O) groups is 1. The summed E-state index contributed by atoms with van der Waals surface area (Å²) in [5, 5.41) is 3.00. The van der Waals surface area contributed by atoms with Crippen molar-refractivity contribution in [2.45, 2.75) is 31.8 Å². The number of fused-ring (bicyclic) bond motifs is 2. The van der Waals surface area contributed by atoms with Gasteiger partial charge in [0, 0.05) is 13.0 Å². The number of rotatable bonds is 6. The second kappa shape index (κ2) is 7.70. The van der Waals surface area contributed by atoms with Crippen molar-refractivity contribution >= 4 is 16.9 Å². The number of para-hydroxylation sites is 2. The van der Waals surface area contributed by atoms with E-state index < -0.39 is 0 Å². The highest BCUT2D eigenvalue weighted by atomic mass is 16.5. The summed E-state index contributed by atoms with van der Waals surface area (Å²) in [5.41, 5.74) is 4.48. The molecular weight excluding hydrogens is 326 g/mol. The van der Waals surface area contributed by atoms with E-state index in [0.717, 1.165) is 41.7 Å². The molecule has 1 aliphatic heterocycles. The molecule has 134 valence electrons. The van der Waals surface area contributed by atoms with E-state index in [2.05, 4.69) is 27.4 Å². The molecule has 2 heterocycles. The van der Waals surface area contributed by atoms with Crippen molar-refractivity contribution in [1.29, 1.82) is 0 Å². The summed E-state index contributed by atoms with van der Waals surface area (Å²) in [6.07, 6.45) is 2.84. The zero-order valence-corrected chi connectivity index (χ0v) is 14.7. The SMILES string of the molecule is O=C(C[C@@H]1OCCc2ccccc21)NCCCc1nc2ccccc2[nH]1. The Morgan fingerprint density at radius 1 is 1.19 bits per heavy atom. The van der Waals surface area contributed by atoms with Crippen molar-refractivity contribution in [2.75, 3.05) is 13.2 Å². The standard InChI is InChI=1S/C21H23N3O2/c25-21(14-19-16-7-2-1-6-15(16)11-13-26-19)22-12-5-10-20-23-17-8-3-4-9-18(17)24-20/h1-4,6-9,19H,5,10-14H2,(H,22,25)(H,23,24)/t19-/m0/s1. The Balaban J connectivity index is 1.24. The summed E-state index contributed by atoms with van der Waals surface area (Å²) in [6.45, 7) is 1.32. The van der Waals surface area contributed by atoms with Gasteiger partial charge in [-0.15, -0.1) is 0 Å². The molecule has 2 aromatic carbocycles. The molecule has 4 rings (SSSR count). The second-order valence-electron chi connectivity index (χ2n) is 6.67. The molecule has 0 saturated heterocycles. The highest BCUT2D eigenvalue weighted by Gasteiger charge is 2.22. The molecule has 1 aromatic heterocycles. The number of aryl methyl sites for hydroxylation is 1. The Hall–Kier alpha value is -2.66. The predicted octanol–water partition coefficient (Wildman–Crippen LogP) is 3.32. The number of hydrogen-bond acceptors (Lipinski definition) is 3. The van der Waals surface area contributed by atoms with Crippen molar-refractivity contribution < 1.29 is 9.53 Å². The van der Waals surface area contributed by atoms with E-state index in [1.807, 2.05) is 36.4 Å². The Bertz CT molecular complexity index is 870. The van der Waals surface area contributed by atoms with Gasteiger partial charge in [-0.05, 0) is 36.1 Å². The molecule has 5 heteroatoms. The van der Waals surface area contributed by atoms with Crippen LogP contribution in [-0.2, 0) is 22.4 Å². The number of amides is 1. The first-order valence-corrected chi connectivity index (χ1v) is 9.19. The number of H-pyrrole nitrogens is 1. The fourth-order valence-electron chi connectivity index (χ4n) is 3.49. The molecular formula is C21H23N3O2. The van der Waals surface area contributed by atoms with Crippen LogP contribution in [0.1, 0.15) is 35.9 Å². The number of nitrogens with one attached hydrogen (secondary N) is 2. The van der Waals surface area contributed by atoms with Gasteiger partial charge in [0.25, 0.3) is 0 Å². The Labute approximate surface area is 152 Å². The summed E-state index contributed by atoms with van der Waals surface area (Å²) < 4.78 is 5.81. The van der Waals surface area contributed by atoms with E-state index in [4.69, 9.17) is 4.74 Å². The number of benzene rings is 2. The summed E-state index contributed by atoms with van der Waals surface area (Å²) in [6, 6.07) is 16.2. The average Bonchev–Trinajstić information content (AvgIpc) is 3.08. The van der Waals surface area contributed by atoms with Gasteiger partial charge in [-0.3, -0.25) is 4.79 Å². The molecule has 0 unspecified atom stereocenters. The Morgan fingerprint density at radius 3 is 2.96 bits per heavy atom. The fraction of sp³-hybridized carbons (Fsp3) is 0.333. The number of nitrogens with zero attached hydrogens (tertiary/aromatic N) is 1. The van der Waals surface area contributed by atoms with Crippen molar-refractivity contribution in [2.24, 2.45) is 0 Å². The van der Waals surface area contributed by atoms with Gasteiger partial charge in [-0.25, -0.2) is 4.98 Å². The van der Waals surface area contributed by atoms with Crippen molar-refractivity contribution in [3.8, 4) is 0 Å². The van der Waals surface area contributed by atoms with Crippen LogP contribution in [0.25, 0.3) is 11.0 Å². The van der Waals surface area contributed by atoms with Gasteiger partial charge < -0.3 is 15.0 Å². The van der Waals surface area contributed by atoms with Crippen LogP contribution in [0.3, 0.4) is 0 Å². The van der Waals surface area contributed by atoms with Gasteiger partial charge in [0.15, 0.2) is 0 Å². The molecule has 2 N–H and O–H groups in total. The number of imidazole rings is 1. The summed E-state index contributed by atoms with van der Waals surface area (Å²) >= 11 is 0. The zero-order chi connectivity index (χ0) is 17.8. The number of hydrogen-bond donors (Lipinski definition) is 2. The second-order valence-corrected chi connectivity index (χ2v) is 6.67. The molecule has 1 aliphatic rings. The van der Waals surface area contributed by atoms with E-state index >= 15 is 0 Å². The van der Waals surface area contributed by atoms with Gasteiger partial charge in [0.1, 0.15) is 5.82 Å². The minimum Gasteiger partial charge on any atom is -0.373 e. The molecule has 0 spiro atoms. The third-order valence-electron chi connectivity index (χ3n) is 4.81. The van der Waals surface area contributed by atoms with E-state index in [-0.39, 0.29) is 12.0 Å². The highest BCUT2D eigenvalue weighted by molar-refractivity contribution is 5.77. The summed E-state index contributed by atoms with van der Waals surface area (Å²) in [5.74, 6) is 1.00. The first kappa shape index (κ1) is 16.8. The molecule has 0 bridgehead atoms. The maximum Gasteiger partial charge on any atom is 0.222 e. The maximum atomic E-state index is 12.3. The smallest absolute Gasteiger partial charge is 0.222 e. The third-order valence-corrected chi connectivity index (χ3v) is 4.81. The van der Waals surface area contributed by atoms with Gasteiger partial charge in [-0.1, -0.05) is 36.4 Å². The van der Waals surface area contributed by atoms with Gasteiger partial charge in [0.05, 0.1) is 30.2 Å². The molecule has 26 heavy (non-hydrogen) atoms. The van der Waals surface area contributed by atoms with Gasteiger partial charge in [-0.2, -0.15) is 0 Å². The summed E-state index contributed by atoms with van der Waals surface area (Å²) in [7, 11) is 0. The minimum atomic E-state index is -0.129. The van der Waals surface area contributed by atoms with Crippen LogP contribution < -0.4 is 5.32 Å². The van der Waals surface area contributed by atoms with Crippen LogP contribution in [0, 0.1) is 0 Å². The quantitative estimate of drug-likeness (QED) is 0.671. The van der Waals surface area contributed by atoms with Gasteiger partial charge in [0.2, 0.25) is 5.91 Å². The zero-order valence-electron chi connectivity index (χ0n) is 14.7. The van der Waals surface area contributed by atoms with E-state index in [1.54, 1.807) is 0 Å². The first-order chi connectivity index (χ1) is 12.8. The minimum absolute atomic E-state index is 0.0382. The molecule has 1 atom stereocenters. The van der Waals surface area contributed by atoms with E-state index in [0.29, 0.717) is 19.6 Å². The molecule has 0 saturated carbocycles. The molecule has 0 aliphatic carbocycles. The number of aromatic amines is 1.